The van der Waals surface area contributed by atoms with E-state index < -0.39 is 4.92 Å². The van der Waals surface area contributed by atoms with Gasteiger partial charge in [-0.1, -0.05) is 42.5 Å². The lowest BCUT2D eigenvalue weighted by molar-refractivity contribution is -0.384. The van der Waals surface area contributed by atoms with Crippen LogP contribution in [0.4, 0.5) is 16.5 Å². The number of hydrogen-bond acceptors (Lipinski definition) is 5. The number of rotatable bonds is 4. The zero-order valence-corrected chi connectivity index (χ0v) is 13.9. The van der Waals surface area contributed by atoms with Gasteiger partial charge in [0.1, 0.15) is 0 Å². The highest BCUT2D eigenvalue weighted by molar-refractivity contribution is 7.14. The Kier molecular flexibility index (Phi) is 3.87. The number of nitrogens with one attached hydrogen (secondary N) is 1. The van der Waals surface area contributed by atoms with Crippen LogP contribution in [0.3, 0.4) is 0 Å². The lowest BCUT2D eigenvalue weighted by atomic mass is 10.1. The van der Waals surface area contributed by atoms with Crippen LogP contribution in [0.5, 0.6) is 0 Å². The molecule has 5 nitrogen and oxygen atoms in total. The van der Waals surface area contributed by atoms with Crippen molar-refractivity contribution in [2.24, 2.45) is 0 Å². The summed E-state index contributed by atoms with van der Waals surface area (Å²) < 4.78 is 0. The van der Waals surface area contributed by atoms with E-state index in [1.165, 1.54) is 34.2 Å². The standard InChI is InChI=1S/C19H13N3O2S/c23-22(24)17-7-3-6-16(11-17)20-19-21-18(12-25-19)15-9-8-13-4-1-2-5-14(13)10-15/h1-12H,(H,20,21). The van der Waals surface area contributed by atoms with Crippen molar-refractivity contribution >= 4 is 38.6 Å². The number of fused-ring (bicyclic) bond motifs is 1. The Morgan fingerprint density at radius 3 is 2.64 bits per heavy atom. The van der Waals surface area contributed by atoms with E-state index in [9.17, 15) is 10.1 Å². The van der Waals surface area contributed by atoms with Gasteiger partial charge in [0, 0.05) is 28.8 Å². The Hall–Kier alpha value is -3.25. The third kappa shape index (κ3) is 3.20. The summed E-state index contributed by atoms with van der Waals surface area (Å²) in [5, 5.41) is 19.0. The molecule has 6 heteroatoms. The van der Waals surface area contributed by atoms with Crippen molar-refractivity contribution in [3.8, 4) is 11.3 Å². The molecule has 0 saturated carbocycles. The Morgan fingerprint density at radius 2 is 1.80 bits per heavy atom. The van der Waals surface area contributed by atoms with E-state index in [0.29, 0.717) is 10.8 Å². The number of aromatic nitrogens is 1. The highest BCUT2D eigenvalue weighted by Gasteiger charge is 2.09. The molecule has 0 bridgehead atoms. The summed E-state index contributed by atoms with van der Waals surface area (Å²) in [4.78, 5) is 15.1. The zero-order chi connectivity index (χ0) is 17.2. The summed E-state index contributed by atoms with van der Waals surface area (Å²) in [6, 6.07) is 20.8. The fourth-order valence-electron chi connectivity index (χ4n) is 2.63. The van der Waals surface area contributed by atoms with Crippen LogP contribution in [-0.4, -0.2) is 9.91 Å². The number of nitro groups is 1. The Morgan fingerprint density at radius 1 is 0.960 bits per heavy atom. The lowest BCUT2D eigenvalue weighted by Crippen LogP contribution is -1.92. The first kappa shape index (κ1) is 15.3. The molecule has 0 unspecified atom stereocenters. The van der Waals surface area contributed by atoms with Gasteiger partial charge < -0.3 is 5.32 Å². The van der Waals surface area contributed by atoms with E-state index >= 15 is 0 Å². The molecule has 0 aliphatic heterocycles. The van der Waals surface area contributed by atoms with Gasteiger partial charge in [-0.3, -0.25) is 10.1 Å². The molecule has 1 heterocycles. The molecule has 0 amide bonds. The van der Waals surface area contributed by atoms with Gasteiger partial charge in [0.05, 0.1) is 10.6 Å². The first-order valence-corrected chi connectivity index (χ1v) is 8.53. The minimum Gasteiger partial charge on any atom is -0.331 e. The van der Waals surface area contributed by atoms with Crippen LogP contribution < -0.4 is 5.32 Å². The lowest BCUT2D eigenvalue weighted by Gasteiger charge is -2.02. The summed E-state index contributed by atoms with van der Waals surface area (Å²) >= 11 is 1.47. The number of non-ortho nitro benzene ring substituents is 1. The second-order valence-electron chi connectivity index (χ2n) is 5.53. The van der Waals surface area contributed by atoms with Gasteiger partial charge in [-0.15, -0.1) is 11.3 Å². The number of hydrogen-bond donors (Lipinski definition) is 1. The summed E-state index contributed by atoms with van der Waals surface area (Å²) in [6.07, 6.45) is 0. The molecule has 4 rings (SSSR count). The van der Waals surface area contributed by atoms with Gasteiger partial charge >= 0.3 is 0 Å². The molecule has 0 aliphatic rings. The molecule has 1 N–H and O–H groups in total. The molecule has 4 aromatic rings. The van der Waals surface area contributed by atoms with Crippen molar-refractivity contribution in [1.29, 1.82) is 0 Å². The first-order valence-electron chi connectivity index (χ1n) is 7.65. The maximum atomic E-state index is 10.9. The van der Waals surface area contributed by atoms with Gasteiger partial charge in [-0.05, 0) is 22.9 Å². The highest BCUT2D eigenvalue weighted by Crippen LogP contribution is 2.30. The van der Waals surface area contributed by atoms with Crippen LogP contribution >= 0.6 is 11.3 Å². The minimum atomic E-state index is -0.409. The number of anilines is 2. The molecular formula is C19H13N3O2S. The number of thiazole rings is 1. The molecule has 3 aromatic carbocycles. The fraction of sp³-hybridized carbons (Fsp3) is 0. The van der Waals surface area contributed by atoms with Crippen LogP contribution in [0.25, 0.3) is 22.0 Å². The topological polar surface area (TPSA) is 68.1 Å². The quantitative estimate of drug-likeness (QED) is 0.384. The second kappa shape index (κ2) is 6.33. The van der Waals surface area contributed by atoms with Crippen molar-refractivity contribution in [1.82, 2.24) is 4.98 Å². The summed E-state index contributed by atoms with van der Waals surface area (Å²) in [6.45, 7) is 0. The van der Waals surface area contributed by atoms with Crippen LogP contribution in [0, 0.1) is 10.1 Å². The van der Waals surface area contributed by atoms with E-state index in [0.717, 1.165) is 11.3 Å². The molecule has 25 heavy (non-hydrogen) atoms. The van der Waals surface area contributed by atoms with E-state index in [4.69, 9.17) is 0 Å². The smallest absolute Gasteiger partial charge is 0.271 e. The number of nitrogens with zero attached hydrogens (tertiary/aromatic N) is 2. The molecule has 122 valence electrons. The second-order valence-corrected chi connectivity index (χ2v) is 6.39. The van der Waals surface area contributed by atoms with E-state index in [1.807, 2.05) is 17.5 Å². The maximum Gasteiger partial charge on any atom is 0.271 e. The van der Waals surface area contributed by atoms with Gasteiger partial charge in [0.2, 0.25) is 0 Å². The van der Waals surface area contributed by atoms with Crippen molar-refractivity contribution < 1.29 is 4.92 Å². The summed E-state index contributed by atoms with van der Waals surface area (Å²) in [7, 11) is 0. The van der Waals surface area contributed by atoms with E-state index in [2.05, 4.69) is 40.6 Å². The van der Waals surface area contributed by atoms with Crippen LogP contribution in [0.15, 0.2) is 72.1 Å². The normalized spacial score (nSPS) is 10.7. The van der Waals surface area contributed by atoms with Gasteiger partial charge in [-0.2, -0.15) is 0 Å². The van der Waals surface area contributed by atoms with Crippen molar-refractivity contribution in [3.63, 3.8) is 0 Å². The third-order valence-corrected chi connectivity index (χ3v) is 4.62. The van der Waals surface area contributed by atoms with Crippen molar-refractivity contribution in [3.05, 3.63) is 82.2 Å². The molecule has 0 saturated heterocycles. The molecule has 0 aliphatic carbocycles. The Bertz CT molecular complexity index is 1070. The van der Waals surface area contributed by atoms with E-state index in [1.54, 1.807) is 12.1 Å². The predicted molar refractivity (Wildman–Crippen MR) is 101 cm³/mol. The molecule has 0 radical (unpaired) electrons. The van der Waals surface area contributed by atoms with Gasteiger partial charge in [0.25, 0.3) is 5.69 Å². The van der Waals surface area contributed by atoms with Crippen LogP contribution in [0.2, 0.25) is 0 Å². The van der Waals surface area contributed by atoms with Crippen molar-refractivity contribution in [2.75, 3.05) is 5.32 Å². The SMILES string of the molecule is O=[N+]([O-])c1cccc(Nc2nc(-c3ccc4ccccc4c3)cs2)c1. The molecule has 0 spiro atoms. The molecule has 0 fully saturated rings. The average Bonchev–Trinajstić information content (AvgIpc) is 3.10. The summed E-state index contributed by atoms with van der Waals surface area (Å²) in [5.74, 6) is 0. The fourth-order valence-corrected chi connectivity index (χ4v) is 3.37. The molecule has 1 aromatic heterocycles. The Labute approximate surface area is 147 Å². The number of benzene rings is 3. The largest absolute Gasteiger partial charge is 0.331 e. The summed E-state index contributed by atoms with van der Waals surface area (Å²) in [5.41, 5.74) is 2.62. The minimum absolute atomic E-state index is 0.0521. The van der Waals surface area contributed by atoms with Crippen LogP contribution in [0.1, 0.15) is 0 Å². The molecule has 0 atom stereocenters. The van der Waals surface area contributed by atoms with Gasteiger partial charge in [0.15, 0.2) is 5.13 Å². The first-order chi connectivity index (χ1) is 12.2. The zero-order valence-electron chi connectivity index (χ0n) is 13.0. The predicted octanol–water partition coefficient (Wildman–Crippen LogP) is 5.62. The third-order valence-electron chi connectivity index (χ3n) is 3.86. The molecular weight excluding hydrogens is 334 g/mol. The monoisotopic (exact) mass is 347 g/mol. The van der Waals surface area contributed by atoms with Crippen LogP contribution in [-0.2, 0) is 0 Å². The van der Waals surface area contributed by atoms with Gasteiger partial charge in [-0.25, -0.2) is 4.98 Å². The van der Waals surface area contributed by atoms with Crippen molar-refractivity contribution in [2.45, 2.75) is 0 Å². The number of nitro benzene ring substituents is 1. The average molecular weight is 347 g/mol. The maximum absolute atomic E-state index is 10.9. The van der Waals surface area contributed by atoms with E-state index in [-0.39, 0.29) is 5.69 Å². The highest BCUT2D eigenvalue weighted by atomic mass is 32.1. The Balaban J connectivity index is 1.61.